The zero-order chi connectivity index (χ0) is 15.5. The van der Waals surface area contributed by atoms with E-state index < -0.39 is 12.2 Å². The van der Waals surface area contributed by atoms with Gasteiger partial charge in [0.1, 0.15) is 6.10 Å². The molecule has 0 radical (unpaired) electrons. The average molecular weight is 301 g/mol. The molecular weight excluding hydrogens is 286 g/mol. The van der Waals surface area contributed by atoms with Crippen molar-refractivity contribution in [3.8, 4) is 6.07 Å². The zero-order valence-electron chi connectivity index (χ0n) is 11.9. The van der Waals surface area contributed by atoms with E-state index in [1.54, 1.807) is 29.2 Å². The van der Waals surface area contributed by atoms with Crippen LogP contribution in [0.15, 0.2) is 24.3 Å². The molecule has 0 bridgehead atoms. The van der Waals surface area contributed by atoms with Gasteiger partial charge in [-0.2, -0.15) is 5.26 Å². The second-order valence-electron chi connectivity index (χ2n) is 5.11. The minimum absolute atomic E-state index is 0.180. The monoisotopic (exact) mass is 301 g/mol. The fourth-order valence-electron chi connectivity index (χ4n) is 2.54. The molecule has 2 saturated heterocycles. The van der Waals surface area contributed by atoms with Gasteiger partial charge in [-0.15, -0.1) is 0 Å². The molecule has 7 nitrogen and oxygen atoms in total. The van der Waals surface area contributed by atoms with Gasteiger partial charge in [0.2, 0.25) is 0 Å². The highest BCUT2D eigenvalue weighted by Crippen LogP contribution is 2.26. The Morgan fingerprint density at radius 2 is 1.82 bits per heavy atom. The number of anilines is 2. The normalized spacial score (nSPS) is 21.3. The summed E-state index contributed by atoms with van der Waals surface area (Å²) in [5, 5.41) is 8.67. The molecule has 0 aliphatic carbocycles. The Hall–Kier alpha value is -2.75. The van der Waals surface area contributed by atoms with Crippen molar-refractivity contribution in [1.82, 2.24) is 0 Å². The van der Waals surface area contributed by atoms with Gasteiger partial charge in [0.15, 0.2) is 0 Å². The number of hydrogen-bond donors (Lipinski definition) is 0. The standard InChI is InChI=1S/C15H15N3O4/c16-7-6-13-10-18(15(20)22-13)12-4-2-11(3-5-12)17-8-1-9-21-14(17)19/h2-5,13H,1,6,8-10H2/t13-/m0/s1. The third-order valence-corrected chi connectivity index (χ3v) is 3.64. The first-order valence-electron chi connectivity index (χ1n) is 7.08. The van der Waals surface area contributed by atoms with Gasteiger partial charge in [0, 0.05) is 17.9 Å². The minimum Gasteiger partial charge on any atom is -0.449 e. The molecule has 22 heavy (non-hydrogen) atoms. The lowest BCUT2D eigenvalue weighted by Crippen LogP contribution is -2.37. The van der Waals surface area contributed by atoms with Gasteiger partial charge in [-0.05, 0) is 30.7 Å². The summed E-state index contributed by atoms with van der Waals surface area (Å²) in [5.41, 5.74) is 1.41. The number of hydrogen-bond acceptors (Lipinski definition) is 5. The number of cyclic esters (lactones) is 2. The molecule has 0 spiro atoms. The lowest BCUT2D eigenvalue weighted by molar-refractivity contribution is 0.140. The number of carbonyl (C=O) groups excluding carboxylic acids is 2. The fourth-order valence-corrected chi connectivity index (χ4v) is 2.54. The van der Waals surface area contributed by atoms with Gasteiger partial charge in [-0.1, -0.05) is 0 Å². The largest absolute Gasteiger partial charge is 0.449 e. The number of benzene rings is 1. The summed E-state index contributed by atoms with van der Waals surface area (Å²) in [5.74, 6) is 0. The van der Waals surface area contributed by atoms with Crippen molar-refractivity contribution in [2.24, 2.45) is 0 Å². The molecular formula is C15H15N3O4. The summed E-state index contributed by atoms with van der Waals surface area (Å²) in [7, 11) is 0. The van der Waals surface area contributed by atoms with Gasteiger partial charge in [0.25, 0.3) is 0 Å². The van der Waals surface area contributed by atoms with Gasteiger partial charge in [-0.3, -0.25) is 9.80 Å². The molecule has 2 fully saturated rings. The van der Waals surface area contributed by atoms with Crippen LogP contribution in [0.5, 0.6) is 0 Å². The number of ether oxygens (including phenoxy) is 2. The summed E-state index contributed by atoms with van der Waals surface area (Å²) in [4.78, 5) is 26.5. The highest BCUT2D eigenvalue weighted by Gasteiger charge is 2.32. The first-order valence-corrected chi connectivity index (χ1v) is 7.08. The molecule has 0 N–H and O–H groups in total. The van der Waals surface area contributed by atoms with Crippen molar-refractivity contribution in [2.45, 2.75) is 18.9 Å². The molecule has 2 heterocycles. The topological polar surface area (TPSA) is 82.9 Å². The molecule has 0 saturated carbocycles. The maximum atomic E-state index is 11.8. The molecule has 1 aromatic rings. The van der Waals surface area contributed by atoms with Crippen LogP contribution in [0.2, 0.25) is 0 Å². The number of nitriles is 1. The molecule has 0 unspecified atom stereocenters. The van der Waals surface area contributed by atoms with E-state index in [2.05, 4.69) is 0 Å². The molecule has 1 atom stereocenters. The lowest BCUT2D eigenvalue weighted by atomic mass is 10.2. The zero-order valence-corrected chi connectivity index (χ0v) is 11.9. The van der Waals surface area contributed by atoms with E-state index in [1.165, 1.54) is 4.90 Å². The van der Waals surface area contributed by atoms with Crippen molar-refractivity contribution < 1.29 is 19.1 Å². The Balaban J connectivity index is 1.73. The highest BCUT2D eigenvalue weighted by molar-refractivity contribution is 5.91. The lowest BCUT2D eigenvalue weighted by Gasteiger charge is -2.26. The van der Waals surface area contributed by atoms with E-state index in [-0.39, 0.29) is 12.5 Å². The number of carbonyl (C=O) groups is 2. The van der Waals surface area contributed by atoms with Crippen LogP contribution in [0.4, 0.5) is 21.0 Å². The van der Waals surface area contributed by atoms with E-state index in [4.69, 9.17) is 14.7 Å². The van der Waals surface area contributed by atoms with Crippen molar-refractivity contribution in [3.63, 3.8) is 0 Å². The Kier molecular flexibility index (Phi) is 3.83. The van der Waals surface area contributed by atoms with Gasteiger partial charge < -0.3 is 9.47 Å². The maximum Gasteiger partial charge on any atom is 0.414 e. The van der Waals surface area contributed by atoms with Crippen LogP contribution < -0.4 is 9.80 Å². The predicted octanol–water partition coefficient (Wildman–Crippen LogP) is 2.27. The molecule has 1 aromatic carbocycles. The van der Waals surface area contributed by atoms with E-state index in [0.717, 1.165) is 12.1 Å². The first-order chi connectivity index (χ1) is 10.7. The Labute approximate surface area is 127 Å². The average Bonchev–Trinajstić information content (AvgIpc) is 2.89. The van der Waals surface area contributed by atoms with Crippen LogP contribution in [0.1, 0.15) is 12.8 Å². The van der Waals surface area contributed by atoms with Gasteiger partial charge >= 0.3 is 12.2 Å². The molecule has 3 rings (SSSR count). The Morgan fingerprint density at radius 3 is 2.45 bits per heavy atom. The van der Waals surface area contributed by atoms with Crippen LogP contribution in [-0.2, 0) is 9.47 Å². The van der Waals surface area contributed by atoms with E-state index in [1.807, 2.05) is 6.07 Å². The second-order valence-corrected chi connectivity index (χ2v) is 5.11. The summed E-state index contributed by atoms with van der Waals surface area (Å²) >= 11 is 0. The quantitative estimate of drug-likeness (QED) is 0.855. The van der Waals surface area contributed by atoms with E-state index in [0.29, 0.717) is 25.4 Å². The van der Waals surface area contributed by atoms with Gasteiger partial charge in [-0.25, -0.2) is 9.59 Å². The molecule has 2 aliphatic rings. The van der Waals surface area contributed by atoms with Crippen molar-refractivity contribution >= 4 is 23.6 Å². The predicted molar refractivity (Wildman–Crippen MR) is 77.6 cm³/mol. The molecule has 7 heteroatoms. The number of amides is 2. The SMILES string of the molecule is N#CC[C@H]1CN(c2ccc(N3CCCOC3=O)cc2)C(=O)O1. The fraction of sp³-hybridized carbons (Fsp3) is 0.400. The van der Waals surface area contributed by atoms with E-state index >= 15 is 0 Å². The Morgan fingerprint density at radius 1 is 1.14 bits per heavy atom. The van der Waals surface area contributed by atoms with Crippen LogP contribution >= 0.6 is 0 Å². The minimum atomic E-state index is -0.453. The van der Waals surface area contributed by atoms with E-state index in [9.17, 15) is 9.59 Å². The van der Waals surface area contributed by atoms with Crippen molar-refractivity contribution in [1.29, 1.82) is 5.26 Å². The number of nitrogens with zero attached hydrogens (tertiary/aromatic N) is 3. The van der Waals surface area contributed by atoms with Crippen LogP contribution in [-0.4, -0.2) is 38.0 Å². The summed E-state index contributed by atoms with van der Waals surface area (Å²) in [6, 6.07) is 9.05. The Bertz CT molecular complexity index is 623. The molecule has 114 valence electrons. The van der Waals surface area contributed by atoms with Crippen LogP contribution in [0.25, 0.3) is 0 Å². The van der Waals surface area contributed by atoms with Crippen LogP contribution in [0.3, 0.4) is 0 Å². The second kappa shape index (κ2) is 5.93. The maximum absolute atomic E-state index is 11.8. The summed E-state index contributed by atoms with van der Waals surface area (Å²) in [6.07, 6.45) is -0.227. The van der Waals surface area contributed by atoms with Gasteiger partial charge in [0.05, 0.1) is 25.6 Å². The highest BCUT2D eigenvalue weighted by atomic mass is 16.6. The summed E-state index contributed by atoms with van der Waals surface area (Å²) < 4.78 is 10.1. The molecule has 2 amide bonds. The van der Waals surface area contributed by atoms with Crippen molar-refractivity contribution in [3.05, 3.63) is 24.3 Å². The summed E-state index contributed by atoms with van der Waals surface area (Å²) in [6.45, 7) is 1.43. The van der Waals surface area contributed by atoms with Crippen LogP contribution in [0, 0.1) is 11.3 Å². The van der Waals surface area contributed by atoms with Crippen molar-refractivity contribution in [2.75, 3.05) is 29.5 Å². The third kappa shape index (κ3) is 2.68. The first kappa shape index (κ1) is 14.2. The molecule has 0 aromatic heterocycles. The molecule has 2 aliphatic heterocycles. The smallest absolute Gasteiger partial charge is 0.414 e. The number of rotatable bonds is 3. The third-order valence-electron chi connectivity index (χ3n) is 3.64.